The van der Waals surface area contributed by atoms with Gasteiger partial charge in [0.25, 0.3) is 0 Å². The van der Waals surface area contributed by atoms with E-state index in [0.717, 1.165) is 17.8 Å². The lowest BCUT2D eigenvalue weighted by atomic mass is 10.3. The molecule has 0 aliphatic heterocycles. The quantitative estimate of drug-likeness (QED) is 0.339. The molecule has 0 aliphatic carbocycles. The topological polar surface area (TPSA) is 97.8 Å². The molecule has 1 aromatic rings. The van der Waals surface area contributed by atoms with Gasteiger partial charge in [0.1, 0.15) is 12.3 Å². The minimum atomic E-state index is -1.21. The number of anilines is 1. The Labute approximate surface area is 108 Å². The number of thiazole rings is 1. The third-order valence-corrected chi connectivity index (χ3v) is 2.44. The van der Waals surface area contributed by atoms with E-state index in [1.54, 1.807) is 12.2 Å². The Morgan fingerprint density at radius 1 is 1.67 bits per heavy atom. The highest BCUT2D eigenvalue weighted by Crippen LogP contribution is 2.12. The van der Waals surface area contributed by atoms with Gasteiger partial charge in [-0.2, -0.15) is 0 Å². The number of allylic oxidation sites excluding steroid dienone is 2. The minimum absolute atomic E-state index is 0.185. The van der Waals surface area contributed by atoms with Crippen LogP contribution in [0.15, 0.2) is 35.3 Å². The van der Waals surface area contributed by atoms with Crippen LogP contribution in [0, 0.1) is 0 Å². The van der Waals surface area contributed by atoms with Crippen LogP contribution in [-0.4, -0.2) is 28.4 Å². The zero-order valence-corrected chi connectivity index (χ0v) is 10.4. The van der Waals surface area contributed by atoms with Gasteiger partial charge in [0.15, 0.2) is 5.13 Å². The Balaban J connectivity index is 2.63. The first kappa shape index (κ1) is 13.9. The zero-order chi connectivity index (χ0) is 13.4. The summed E-state index contributed by atoms with van der Waals surface area (Å²) >= 11 is 1.14. The molecule has 0 aliphatic rings. The van der Waals surface area contributed by atoms with E-state index in [9.17, 15) is 4.79 Å². The van der Waals surface area contributed by atoms with Gasteiger partial charge >= 0.3 is 5.97 Å². The molecule has 1 aromatic heterocycles. The fraction of sp³-hybridized carbons (Fsp3) is 0.182. The summed E-state index contributed by atoms with van der Waals surface area (Å²) in [7, 11) is 0. The van der Waals surface area contributed by atoms with Crippen LogP contribution in [0.25, 0.3) is 0 Å². The molecule has 0 saturated carbocycles. The van der Waals surface area contributed by atoms with E-state index in [2.05, 4.69) is 16.7 Å². The summed E-state index contributed by atoms with van der Waals surface area (Å²) in [5.74, 6) is -1.21. The molecule has 18 heavy (non-hydrogen) atoms. The van der Waals surface area contributed by atoms with E-state index >= 15 is 0 Å². The number of oxime groups is 1. The maximum atomic E-state index is 11.0. The third-order valence-electron chi connectivity index (χ3n) is 1.76. The number of carboxylic acids is 1. The Kier molecular flexibility index (Phi) is 5.59. The molecule has 3 N–H and O–H groups in total. The summed E-state index contributed by atoms with van der Waals surface area (Å²) in [5.41, 5.74) is 5.36. The van der Waals surface area contributed by atoms with E-state index in [0.29, 0.717) is 0 Å². The highest BCUT2D eigenvalue weighted by molar-refractivity contribution is 7.13. The van der Waals surface area contributed by atoms with Crippen molar-refractivity contribution in [2.24, 2.45) is 5.16 Å². The number of hydrogen-bond donors (Lipinski definition) is 2. The number of aliphatic carboxylic acids is 1. The number of carboxylic acid groups (broad SMARTS) is 1. The van der Waals surface area contributed by atoms with Gasteiger partial charge < -0.3 is 15.7 Å². The van der Waals surface area contributed by atoms with E-state index in [-0.39, 0.29) is 23.1 Å². The van der Waals surface area contributed by atoms with Crippen LogP contribution in [0.3, 0.4) is 0 Å². The highest BCUT2D eigenvalue weighted by atomic mass is 32.1. The van der Waals surface area contributed by atoms with Crippen molar-refractivity contribution in [3.8, 4) is 0 Å². The number of hydrogen-bond acceptors (Lipinski definition) is 6. The van der Waals surface area contributed by atoms with Gasteiger partial charge in [-0.15, -0.1) is 17.9 Å². The van der Waals surface area contributed by atoms with Crippen LogP contribution in [0.5, 0.6) is 0 Å². The Morgan fingerprint density at radius 3 is 3.00 bits per heavy atom. The van der Waals surface area contributed by atoms with E-state index < -0.39 is 5.97 Å². The molecule has 1 heterocycles. The standard InChI is InChI=1S/C11H13N3O3S/c1-2-3-4-5-6-17-14-9(10(15)16)8-7-18-11(12)13-8/h2,4-5,7H,1,3,6H2,(H2,12,13)(H,15,16). The van der Waals surface area contributed by atoms with Crippen LogP contribution in [-0.2, 0) is 9.63 Å². The van der Waals surface area contributed by atoms with Gasteiger partial charge in [0, 0.05) is 5.38 Å². The Bertz CT molecular complexity index is 480. The van der Waals surface area contributed by atoms with Crippen molar-refractivity contribution in [2.75, 3.05) is 12.3 Å². The molecule has 0 amide bonds. The van der Waals surface area contributed by atoms with Crippen molar-refractivity contribution in [3.63, 3.8) is 0 Å². The van der Waals surface area contributed by atoms with Crippen molar-refractivity contribution < 1.29 is 14.7 Å². The number of carbonyl (C=O) groups is 1. The number of aromatic nitrogens is 1. The lowest BCUT2D eigenvalue weighted by molar-refractivity contribution is -0.129. The molecule has 6 nitrogen and oxygen atoms in total. The van der Waals surface area contributed by atoms with Crippen molar-refractivity contribution in [2.45, 2.75) is 6.42 Å². The van der Waals surface area contributed by atoms with Crippen LogP contribution >= 0.6 is 11.3 Å². The van der Waals surface area contributed by atoms with Crippen LogP contribution in [0.2, 0.25) is 0 Å². The fourth-order valence-corrected chi connectivity index (χ4v) is 1.54. The van der Waals surface area contributed by atoms with Crippen LogP contribution in [0.1, 0.15) is 12.1 Å². The lowest BCUT2D eigenvalue weighted by Gasteiger charge is -1.97. The van der Waals surface area contributed by atoms with Gasteiger partial charge in [-0.3, -0.25) is 0 Å². The average Bonchev–Trinajstić information content (AvgIpc) is 2.74. The zero-order valence-electron chi connectivity index (χ0n) is 9.57. The summed E-state index contributed by atoms with van der Waals surface area (Å²) in [6, 6.07) is 0. The minimum Gasteiger partial charge on any atom is -0.476 e. The van der Waals surface area contributed by atoms with Crippen LogP contribution < -0.4 is 5.73 Å². The molecule has 96 valence electrons. The summed E-state index contributed by atoms with van der Waals surface area (Å²) in [5, 5.41) is 14.3. The summed E-state index contributed by atoms with van der Waals surface area (Å²) in [4.78, 5) is 19.7. The molecule has 0 bridgehead atoms. The molecule has 7 heteroatoms. The molecule has 0 fully saturated rings. The smallest absolute Gasteiger partial charge is 0.360 e. The third kappa shape index (κ3) is 4.38. The monoisotopic (exact) mass is 267 g/mol. The maximum Gasteiger partial charge on any atom is 0.360 e. The van der Waals surface area contributed by atoms with Crippen molar-refractivity contribution in [1.29, 1.82) is 0 Å². The van der Waals surface area contributed by atoms with Gasteiger partial charge in [0.2, 0.25) is 5.71 Å². The molecule has 0 atom stereocenters. The summed E-state index contributed by atoms with van der Waals surface area (Å²) in [6.45, 7) is 3.74. The number of nitrogens with zero attached hydrogens (tertiary/aromatic N) is 2. The fourth-order valence-electron chi connectivity index (χ4n) is 0.997. The number of nitrogens with two attached hydrogens (primary N) is 1. The van der Waals surface area contributed by atoms with Gasteiger partial charge in [-0.1, -0.05) is 17.3 Å². The molecule has 0 radical (unpaired) electrons. The summed E-state index contributed by atoms with van der Waals surface area (Å²) < 4.78 is 0. The molecular weight excluding hydrogens is 254 g/mol. The molecule has 0 aromatic carbocycles. The van der Waals surface area contributed by atoms with Gasteiger partial charge in [-0.05, 0) is 12.5 Å². The SMILES string of the molecule is C=CCC=CCON=C(C(=O)O)c1csc(N)n1. The molecule has 0 saturated heterocycles. The van der Waals surface area contributed by atoms with Crippen molar-refractivity contribution in [3.05, 3.63) is 35.9 Å². The molecule has 0 spiro atoms. The maximum absolute atomic E-state index is 11.0. The predicted octanol–water partition coefficient (Wildman–Crippen LogP) is 1.66. The normalized spacial score (nSPS) is 11.7. The van der Waals surface area contributed by atoms with Crippen molar-refractivity contribution >= 4 is 28.1 Å². The van der Waals surface area contributed by atoms with Gasteiger partial charge in [-0.25, -0.2) is 9.78 Å². The largest absolute Gasteiger partial charge is 0.476 e. The first-order chi connectivity index (χ1) is 8.65. The average molecular weight is 267 g/mol. The molecular formula is C11H13N3O3S. The second-order valence-electron chi connectivity index (χ2n) is 3.11. The lowest BCUT2D eigenvalue weighted by Crippen LogP contribution is -2.15. The number of nitrogen functional groups attached to an aromatic ring is 1. The Morgan fingerprint density at radius 2 is 2.44 bits per heavy atom. The first-order valence-electron chi connectivity index (χ1n) is 5.05. The molecule has 1 rings (SSSR count). The van der Waals surface area contributed by atoms with Gasteiger partial charge in [0.05, 0.1) is 0 Å². The van der Waals surface area contributed by atoms with E-state index in [4.69, 9.17) is 15.7 Å². The number of rotatable bonds is 7. The Hall–Kier alpha value is -2.15. The summed E-state index contributed by atoms with van der Waals surface area (Å²) in [6.07, 6.45) is 6.02. The highest BCUT2D eigenvalue weighted by Gasteiger charge is 2.16. The van der Waals surface area contributed by atoms with E-state index in [1.165, 1.54) is 5.38 Å². The van der Waals surface area contributed by atoms with Crippen molar-refractivity contribution in [1.82, 2.24) is 4.98 Å². The predicted molar refractivity (Wildman–Crippen MR) is 70.6 cm³/mol. The second-order valence-corrected chi connectivity index (χ2v) is 4.00. The second kappa shape index (κ2) is 7.23. The van der Waals surface area contributed by atoms with E-state index in [1.807, 2.05) is 6.08 Å². The first-order valence-corrected chi connectivity index (χ1v) is 5.93. The molecule has 0 unspecified atom stereocenters. The van der Waals surface area contributed by atoms with Crippen LogP contribution in [0.4, 0.5) is 5.13 Å².